The minimum atomic E-state index is -3.65. The first-order chi connectivity index (χ1) is 14.7. The second-order valence-electron chi connectivity index (χ2n) is 7.98. The number of nitrogens with zero attached hydrogens (tertiary/aromatic N) is 1. The minimum Gasteiger partial charge on any atom is -0.349 e. The highest BCUT2D eigenvalue weighted by atomic mass is 35.5. The molecule has 1 aliphatic rings. The number of hydrogen-bond acceptors (Lipinski definition) is 3. The average Bonchev–Trinajstić information content (AvgIpc) is 2.76. The Bertz CT molecular complexity index is 1010. The van der Waals surface area contributed by atoms with Crippen molar-refractivity contribution in [1.29, 1.82) is 0 Å². The van der Waals surface area contributed by atoms with Crippen molar-refractivity contribution in [3.8, 4) is 0 Å². The van der Waals surface area contributed by atoms with Gasteiger partial charge in [-0.15, -0.1) is 0 Å². The van der Waals surface area contributed by atoms with E-state index in [4.69, 9.17) is 23.2 Å². The van der Waals surface area contributed by atoms with Crippen molar-refractivity contribution < 1.29 is 13.2 Å². The first-order valence-corrected chi connectivity index (χ1v) is 12.9. The summed E-state index contributed by atoms with van der Waals surface area (Å²) in [5, 5.41) is 3.69. The second kappa shape index (κ2) is 10.3. The van der Waals surface area contributed by atoms with Crippen molar-refractivity contribution in [2.75, 3.05) is 13.1 Å². The number of piperidine rings is 1. The molecule has 1 amide bonds. The summed E-state index contributed by atoms with van der Waals surface area (Å²) in [6, 6.07) is 13.0. The summed E-state index contributed by atoms with van der Waals surface area (Å²) in [7, 11) is -3.65. The maximum Gasteiger partial charge on any atom is 0.224 e. The third-order valence-corrected chi connectivity index (χ3v) is 8.26. The quantitative estimate of drug-likeness (QED) is 0.605. The van der Waals surface area contributed by atoms with Crippen LogP contribution in [0.2, 0.25) is 10.0 Å². The van der Waals surface area contributed by atoms with Crippen LogP contribution in [0.5, 0.6) is 0 Å². The molecule has 168 valence electrons. The van der Waals surface area contributed by atoms with Crippen LogP contribution in [0.4, 0.5) is 0 Å². The van der Waals surface area contributed by atoms with Gasteiger partial charge < -0.3 is 5.32 Å². The fourth-order valence-corrected chi connectivity index (χ4v) is 6.17. The lowest BCUT2D eigenvalue weighted by atomic mass is 9.97. The standard InChI is InChI=1S/C23H28Cl2N2O3S/c1-3-17-9-11-18(12-10-17)16(2)26-23(28)19-6-5-13-27(14-19)31(29,30)15-20-21(24)7-4-8-22(20)25/h4,7-12,16,19H,3,5-6,13-15H2,1-2H3,(H,26,28)/t16-,19+/m1/s1. The smallest absolute Gasteiger partial charge is 0.224 e. The summed E-state index contributed by atoms with van der Waals surface area (Å²) in [6.07, 6.45) is 2.26. The Morgan fingerprint density at radius 3 is 2.42 bits per heavy atom. The fourth-order valence-electron chi connectivity index (χ4n) is 3.81. The SMILES string of the molecule is CCc1ccc([C@@H](C)NC(=O)[C@H]2CCCN(S(=O)(=O)Cc3c(Cl)cccc3Cl)C2)cc1. The number of carbonyl (C=O) groups is 1. The number of sulfonamides is 1. The Balaban J connectivity index is 1.65. The van der Waals surface area contributed by atoms with E-state index in [-0.39, 0.29) is 30.2 Å². The third kappa shape index (κ3) is 6.01. The van der Waals surface area contributed by atoms with E-state index in [1.807, 2.05) is 19.1 Å². The van der Waals surface area contributed by atoms with Crippen molar-refractivity contribution in [2.24, 2.45) is 5.92 Å². The lowest BCUT2D eigenvalue weighted by Crippen LogP contribution is -2.46. The van der Waals surface area contributed by atoms with E-state index in [2.05, 4.69) is 24.4 Å². The zero-order valence-electron chi connectivity index (χ0n) is 17.8. The summed E-state index contributed by atoms with van der Waals surface area (Å²) in [5.74, 6) is -0.787. The molecule has 0 aliphatic carbocycles. The minimum absolute atomic E-state index is 0.122. The van der Waals surface area contributed by atoms with Gasteiger partial charge in [0.15, 0.2) is 0 Å². The fraction of sp³-hybridized carbons (Fsp3) is 0.435. The van der Waals surface area contributed by atoms with Gasteiger partial charge in [0, 0.05) is 28.7 Å². The normalized spacial score (nSPS) is 18.5. The zero-order chi connectivity index (χ0) is 22.6. The average molecular weight is 483 g/mol. The van der Waals surface area contributed by atoms with Crippen molar-refractivity contribution in [2.45, 2.75) is 44.9 Å². The van der Waals surface area contributed by atoms with E-state index in [0.717, 1.165) is 12.0 Å². The lowest BCUT2D eigenvalue weighted by Gasteiger charge is -2.32. The molecule has 8 heteroatoms. The largest absolute Gasteiger partial charge is 0.349 e. The molecule has 0 spiro atoms. The van der Waals surface area contributed by atoms with Gasteiger partial charge in [-0.3, -0.25) is 4.79 Å². The van der Waals surface area contributed by atoms with E-state index < -0.39 is 10.0 Å². The molecule has 0 radical (unpaired) electrons. The van der Waals surface area contributed by atoms with Crippen LogP contribution in [-0.2, 0) is 27.0 Å². The first-order valence-electron chi connectivity index (χ1n) is 10.5. The number of rotatable bonds is 7. The summed E-state index contributed by atoms with van der Waals surface area (Å²) in [5.41, 5.74) is 2.66. The molecule has 2 atom stereocenters. The van der Waals surface area contributed by atoms with Crippen LogP contribution in [0.25, 0.3) is 0 Å². The molecule has 0 bridgehead atoms. The number of aryl methyl sites for hydroxylation is 1. The molecule has 0 unspecified atom stereocenters. The molecular weight excluding hydrogens is 455 g/mol. The van der Waals surface area contributed by atoms with Crippen molar-refractivity contribution in [3.63, 3.8) is 0 Å². The van der Waals surface area contributed by atoms with E-state index in [0.29, 0.717) is 35.0 Å². The Morgan fingerprint density at radius 2 is 1.81 bits per heavy atom. The predicted molar refractivity (Wildman–Crippen MR) is 126 cm³/mol. The molecule has 1 heterocycles. The summed E-state index contributed by atoms with van der Waals surface area (Å²) >= 11 is 12.3. The molecule has 0 aromatic heterocycles. The molecule has 1 N–H and O–H groups in total. The van der Waals surface area contributed by atoms with Gasteiger partial charge in [-0.2, -0.15) is 0 Å². The molecule has 0 saturated carbocycles. The molecular formula is C23H28Cl2N2O3S. The van der Waals surface area contributed by atoms with Crippen LogP contribution < -0.4 is 5.32 Å². The van der Waals surface area contributed by atoms with Crippen LogP contribution in [0.3, 0.4) is 0 Å². The molecule has 1 fully saturated rings. The van der Waals surface area contributed by atoms with E-state index in [1.54, 1.807) is 18.2 Å². The van der Waals surface area contributed by atoms with Crippen LogP contribution in [0.15, 0.2) is 42.5 Å². The summed E-state index contributed by atoms with van der Waals surface area (Å²) < 4.78 is 27.4. The van der Waals surface area contributed by atoms with Crippen molar-refractivity contribution >= 4 is 39.1 Å². The van der Waals surface area contributed by atoms with Gasteiger partial charge in [-0.1, -0.05) is 60.5 Å². The highest BCUT2D eigenvalue weighted by Gasteiger charge is 2.33. The highest BCUT2D eigenvalue weighted by molar-refractivity contribution is 7.88. The zero-order valence-corrected chi connectivity index (χ0v) is 20.1. The Hall–Kier alpha value is -1.60. The molecule has 2 aromatic carbocycles. The molecule has 1 aliphatic heterocycles. The van der Waals surface area contributed by atoms with E-state index in [9.17, 15) is 13.2 Å². The number of benzene rings is 2. The number of amides is 1. The lowest BCUT2D eigenvalue weighted by molar-refractivity contribution is -0.126. The van der Waals surface area contributed by atoms with Crippen molar-refractivity contribution in [1.82, 2.24) is 9.62 Å². The summed E-state index contributed by atoms with van der Waals surface area (Å²) in [6.45, 7) is 4.60. The molecule has 31 heavy (non-hydrogen) atoms. The Labute approximate surface area is 194 Å². The van der Waals surface area contributed by atoms with E-state index >= 15 is 0 Å². The van der Waals surface area contributed by atoms with Gasteiger partial charge in [0.2, 0.25) is 15.9 Å². The van der Waals surface area contributed by atoms with Crippen LogP contribution in [0, 0.1) is 5.92 Å². The number of hydrogen-bond donors (Lipinski definition) is 1. The van der Waals surface area contributed by atoms with E-state index in [1.165, 1.54) is 9.87 Å². The van der Waals surface area contributed by atoms with Gasteiger partial charge in [-0.05, 0) is 49.4 Å². The number of nitrogens with one attached hydrogen (secondary N) is 1. The molecule has 3 rings (SSSR count). The highest BCUT2D eigenvalue weighted by Crippen LogP contribution is 2.29. The van der Waals surface area contributed by atoms with Crippen LogP contribution >= 0.6 is 23.2 Å². The second-order valence-corrected chi connectivity index (χ2v) is 10.8. The summed E-state index contributed by atoms with van der Waals surface area (Å²) in [4.78, 5) is 12.9. The van der Waals surface area contributed by atoms with Gasteiger partial charge in [0.1, 0.15) is 0 Å². The molecule has 5 nitrogen and oxygen atoms in total. The monoisotopic (exact) mass is 482 g/mol. The Morgan fingerprint density at radius 1 is 1.16 bits per heavy atom. The molecule has 1 saturated heterocycles. The van der Waals surface area contributed by atoms with Crippen LogP contribution in [-0.4, -0.2) is 31.7 Å². The number of carbonyl (C=O) groups excluding carboxylic acids is 1. The predicted octanol–water partition coefficient (Wildman–Crippen LogP) is 4.98. The third-order valence-electron chi connectivity index (χ3n) is 5.78. The van der Waals surface area contributed by atoms with Crippen LogP contribution in [0.1, 0.15) is 49.4 Å². The first kappa shape index (κ1) is 24.1. The Kier molecular flexibility index (Phi) is 8.03. The van der Waals surface area contributed by atoms with Gasteiger partial charge in [-0.25, -0.2) is 12.7 Å². The van der Waals surface area contributed by atoms with Gasteiger partial charge in [0.05, 0.1) is 17.7 Å². The van der Waals surface area contributed by atoms with Gasteiger partial charge >= 0.3 is 0 Å². The van der Waals surface area contributed by atoms with Crippen molar-refractivity contribution in [3.05, 3.63) is 69.2 Å². The number of halogens is 2. The maximum atomic E-state index is 13.0. The topological polar surface area (TPSA) is 66.5 Å². The molecule has 2 aromatic rings. The van der Waals surface area contributed by atoms with Gasteiger partial charge in [0.25, 0.3) is 0 Å². The maximum absolute atomic E-state index is 13.0.